The highest BCUT2D eigenvalue weighted by Crippen LogP contribution is 2.33. The molecule has 0 spiro atoms. The first kappa shape index (κ1) is 16.2. The molecule has 0 amide bonds. The van der Waals surface area contributed by atoms with E-state index in [0.29, 0.717) is 23.3 Å². The van der Waals surface area contributed by atoms with Crippen LogP contribution in [0.2, 0.25) is 0 Å². The molecule has 0 bridgehead atoms. The zero-order chi connectivity index (χ0) is 17.3. The average molecular weight is 335 g/mol. The van der Waals surface area contributed by atoms with Gasteiger partial charge in [-0.1, -0.05) is 0 Å². The lowest BCUT2D eigenvalue weighted by atomic mass is 10.1. The van der Waals surface area contributed by atoms with E-state index in [9.17, 15) is 17.6 Å². The van der Waals surface area contributed by atoms with Gasteiger partial charge in [-0.05, 0) is 49.4 Å². The van der Waals surface area contributed by atoms with Gasteiger partial charge in [-0.3, -0.25) is 0 Å². The minimum absolute atomic E-state index is 0.176. The average Bonchev–Trinajstić information content (AvgIpc) is 2.54. The quantitative estimate of drug-likeness (QED) is 0.693. The fourth-order valence-electron chi connectivity index (χ4n) is 2.34. The fourth-order valence-corrected chi connectivity index (χ4v) is 2.34. The zero-order valence-electron chi connectivity index (χ0n) is 12.7. The molecule has 7 heteroatoms. The molecule has 0 aliphatic carbocycles. The predicted molar refractivity (Wildman–Crippen MR) is 84.1 cm³/mol. The Kier molecular flexibility index (Phi) is 4.09. The van der Waals surface area contributed by atoms with Gasteiger partial charge in [0.1, 0.15) is 11.6 Å². The van der Waals surface area contributed by atoms with E-state index in [1.165, 1.54) is 30.3 Å². The van der Waals surface area contributed by atoms with Crippen molar-refractivity contribution >= 4 is 16.7 Å². The van der Waals surface area contributed by atoms with E-state index < -0.39 is 17.6 Å². The molecule has 0 aliphatic rings. The molecule has 0 aliphatic heterocycles. The number of aromatic nitrogens is 2. The maximum absolute atomic E-state index is 13.1. The Bertz CT molecular complexity index is 873. The van der Waals surface area contributed by atoms with Gasteiger partial charge in [-0.25, -0.2) is 14.4 Å². The molecule has 1 aromatic heterocycles. The van der Waals surface area contributed by atoms with Crippen LogP contribution in [0.1, 0.15) is 12.5 Å². The first-order chi connectivity index (χ1) is 11.4. The molecule has 0 saturated heterocycles. The van der Waals surface area contributed by atoms with Crippen LogP contribution in [0.5, 0.6) is 0 Å². The smallest absolute Gasteiger partial charge is 0.370 e. The second-order valence-corrected chi connectivity index (χ2v) is 5.16. The van der Waals surface area contributed by atoms with Gasteiger partial charge in [0.25, 0.3) is 0 Å². The van der Waals surface area contributed by atoms with Crippen LogP contribution in [0, 0.1) is 5.82 Å². The molecule has 3 nitrogen and oxygen atoms in total. The Morgan fingerprint density at radius 2 is 1.71 bits per heavy atom. The summed E-state index contributed by atoms with van der Waals surface area (Å²) in [6, 6.07) is 8.82. The second kappa shape index (κ2) is 6.07. The molecule has 1 N–H and O–H groups in total. The molecular weight excluding hydrogens is 322 g/mol. The number of anilines is 1. The number of nitrogens with zero attached hydrogens (tertiary/aromatic N) is 2. The Balaban J connectivity index is 2.21. The Hall–Kier alpha value is -2.70. The van der Waals surface area contributed by atoms with Crippen molar-refractivity contribution in [3.63, 3.8) is 0 Å². The van der Waals surface area contributed by atoms with Crippen LogP contribution in [0.3, 0.4) is 0 Å². The lowest BCUT2D eigenvalue weighted by Gasteiger charge is -2.12. The lowest BCUT2D eigenvalue weighted by molar-refractivity contribution is -0.137. The third-order valence-electron chi connectivity index (χ3n) is 3.47. The fraction of sp³-hybridized carbons (Fsp3) is 0.176. The molecule has 2 aromatic carbocycles. The Morgan fingerprint density at radius 1 is 1.00 bits per heavy atom. The summed E-state index contributed by atoms with van der Waals surface area (Å²) in [5, 5.41) is 3.52. The van der Waals surface area contributed by atoms with E-state index in [2.05, 4.69) is 15.3 Å². The van der Waals surface area contributed by atoms with Crippen LogP contribution in [-0.4, -0.2) is 16.5 Å². The standard InChI is InChI=1S/C17H13F4N3/c1-2-22-16-13-8-5-11(17(19,20)21)9-14(13)23-15(24-16)10-3-6-12(18)7-4-10/h3-9H,2H2,1H3,(H,22,23,24). The van der Waals surface area contributed by atoms with Crippen LogP contribution >= 0.6 is 0 Å². The van der Waals surface area contributed by atoms with E-state index in [4.69, 9.17) is 0 Å². The van der Waals surface area contributed by atoms with Gasteiger partial charge in [0.15, 0.2) is 5.82 Å². The summed E-state index contributed by atoms with van der Waals surface area (Å²) in [7, 11) is 0. The van der Waals surface area contributed by atoms with Crippen LogP contribution in [-0.2, 0) is 6.18 Å². The number of nitrogens with one attached hydrogen (secondary N) is 1. The largest absolute Gasteiger partial charge is 0.416 e. The minimum Gasteiger partial charge on any atom is -0.370 e. The van der Waals surface area contributed by atoms with Crippen molar-refractivity contribution in [1.29, 1.82) is 0 Å². The number of fused-ring (bicyclic) bond motifs is 1. The molecule has 0 fully saturated rings. The first-order valence-corrected chi connectivity index (χ1v) is 7.27. The van der Waals surface area contributed by atoms with E-state index in [1.807, 2.05) is 6.92 Å². The SMILES string of the molecule is CCNc1nc(-c2ccc(F)cc2)nc2cc(C(F)(F)F)ccc12. The lowest BCUT2D eigenvalue weighted by Crippen LogP contribution is -2.07. The van der Waals surface area contributed by atoms with Gasteiger partial charge in [0, 0.05) is 17.5 Å². The third kappa shape index (κ3) is 3.15. The maximum Gasteiger partial charge on any atom is 0.416 e. The van der Waals surface area contributed by atoms with Gasteiger partial charge in [0.2, 0.25) is 0 Å². The molecule has 0 atom stereocenters. The van der Waals surface area contributed by atoms with E-state index in [0.717, 1.165) is 12.1 Å². The van der Waals surface area contributed by atoms with Gasteiger partial charge in [0.05, 0.1) is 11.1 Å². The van der Waals surface area contributed by atoms with Crippen LogP contribution in [0.25, 0.3) is 22.3 Å². The van der Waals surface area contributed by atoms with Crippen molar-refractivity contribution < 1.29 is 17.6 Å². The summed E-state index contributed by atoms with van der Waals surface area (Å²) in [6.07, 6.45) is -4.45. The topological polar surface area (TPSA) is 37.8 Å². The number of hydrogen-bond acceptors (Lipinski definition) is 3. The molecule has 24 heavy (non-hydrogen) atoms. The third-order valence-corrected chi connectivity index (χ3v) is 3.47. The molecule has 3 aromatic rings. The van der Waals surface area contributed by atoms with E-state index in [1.54, 1.807) is 0 Å². The molecule has 124 valence electrons. The minimum atomic E-state index is -4.45. The molecular formula is C17H13F4N3. The number of alkyl halides is 3. The summed E-state index contributed by atoms with van der Waals surface area (Å²) >= 11 is 0. The van der Waals surface area contributed by atoms with Gasteiger partial charge >= 0.3 is 6.18 Å². The highest BCUT2D eigenvalue weighted by Gasteiger charge is 2.30. The number of halogens is 4. The van der Waals surface area contributed by atoms with Gasteiger partial charge in [-0.15, -0.1) is 0 Å². The van der Waals surface area contributed by atoms with Crippen LogP contribution in [0.15, 0.2) is 42.5 Å². The summed E-state index contributed by atoms with van der Waals surface area (Å²) in [5.74, 6) is 0.263. The predicted octanol–water partition coefficient (Wildman–Crippen LogP) is 4.89. The summed E-state index contributed by atoms with van der Waals surface area (Å²) in [5.41, 5.74) is -0.0776. The van der Waals surface area contributed by atoms with Crippen molar-refractivity contribution in [3.8, 4) is 11.4 Å². The summed E-state index contributed by atoms with van der Waals surface area (Å²) in [4.78, 5) is 8.58. The van der Waals surface area contributed by atoms with E-state index >= 15 is 0 Å². The maximum atomic E-state index is 13.1. The summed E-state index contributed by atoms with van der Waals surface area (Å²) < 4.78 is 51.9. The Labute approximate surface area is 135 Å². The molecule has 3 rings (SSSR count). The van der Waals surface area contributed by atoms with E-state index in [-0.39, 0.29) is 11.3 Å². The van der Waals surface area contributed by atoms with Crippen LogP contribution < -0.4 is 5.32 Å². The van der Waals surface area contributed by atoms with Crippen LogP contribution in [0.4, 0.5) is 23.4 Å². The molecule has 0 unspecified atom stereocenters. The molecule has 0 radical (unpaired) electrons. The number of rotatable bonds is 3. The molecule has 1 heterocycles. The number of benzene rings is 2. The van der Waals surface area contributed by atoms with Crippen molar-refractivity contribution in [2.45, 2.75) is 13.1 Å². The highest BCUT2D eigenvalue weighted by atomic mass is 19.4. The second-order valence-electron chi connectivity index (χ2n) is 5.16. The monoisotopic (exact) mass is 335 g/mol. The molecule has 0 saturated carbocycles. The van der Waals surface area contributed by atoms with Crippen molar-refractivity contribution in [2.24, 2.45) is 0 Å². The summed E-state index contributed by atoms with van der Waals surface area (Å²) in [6.45, 7) is 2.41. The van der Waals surface area contributed by atoms with Gasteiger partial charge < -0.3 is 5.32 Å². The Morgan fingerprint density at radius 3 is 2.33 bits per heavy atom. The van der Waals surface area contributed by atoms with Crippen molar-refractivity contribution in [2.75, 3.05) is 11.9 Å². The normalized spacial score (nSPS) is 11.7. The zero-order valence-corrected chi connectivity index (χ0v) is 12.7. The highest BCUT2D eigenvalue weighted by molar-refractivity contribution is 5.91. The van der Waals surface area contributed by atoms with Crippen molar-refractivity contribution in [1.82, 2.24) is 9.97 Å². The first-order valence-electron chi connectivity index (χ1n) is 7.27. The van der Waals surface area contributed by atoms with Crippen molar-refractivity contribution in [3.05, 3.63) is 53.8 Å². The van der Waals surface area contributed by atoms with Gasteiger partial charge in [-0.2, -0.15) is 13.2 Å². The number of hydrogen-bond donors (Lipinski definition) is 1.